The lowest BCUT2D eigenvalue weighted by molar-refractivity contribution is -0.151. The van der Waals surface area contributed by atoms with Crippen LogP contribution in [0.3, 0.4) is 0 Å². The van der Waals surface area contributed by atoms with E-state index < -0.39 is 42.4 Å². The number of likely N-dealkylation sites (N-methyl/N-ethyl adjacent to an activating group) is 3. The van der Waals surface area contributed by atoms with Crippen molar-refractivity contribution in [3.63, 3.8) is 0 Å². The molecule has 0 aromatic heterocycles. The summed E-state index contributed by atoms with van der Waals surface area (Å²) < 4.78 is 5.83. The van der Waals surface area contributed by atoms with Gasteiger partial charge in [-0.3, -0.25) is 19.3 Å². The number of nitrogens with zero attached hydrogens (tertiary/aromatic N) is 3. The van der Waals surface area contributed by atoms with Crippen molar-refractivity contribution in [2.45, 2.75) is 50.1 Å². The number of carbonyl (C=O) groups excluding carboxylic acids is 3. The van der Waals surface area contributed by atoms with E-state index in [1.54, 1.807) is 7.05 Å². The zero-order valence-corrected chi connectivity index (χ0v) is 23.0. The Hall–Kier alpha value is -3.88. The third-order valence-corrected chi connectivity index (χ3v) is 8.05. The van der Waals surface area contributed by atoms with Crippen molar-refractivity contribution in [2.75, 3.05) is 34.8 Å². The first kappa shape index (κ1) is 28.1. The van der Waals surface area contributed by atoms with Crippen LogP contribution in [-0.4, -0.2) is 90.6 Å². The Bertz CT molecular complexity index is 1190. The highest BCUT2D eigenvalue weighted by Crippen LogP contribution is 2.44. The molecule has 2 aromatic rings. The van der Waals surface area contributed by atoms with Crippen LogP contribution in [0.15, 0.2) is 48.5 Å². The Morgan fingerprint density at radius 1 is 0.846 bits per heavy atom. The van der Waals surface area contributed by atoms with Gasteiger partial charge in [0.2, 0.25) is 11.8 Å². The molecule has 0 saturated heterocycles. The first-order valence-corrected chi connectivity index (χ1v) is 13.4. The Kier molecular flexibility index (Phi) is 8.57. The van der Waals surface area contributed by atoms with Crippen LogP contribution in [0.5, 0.6) is 0 Å². The standard InChI is InChI=1S/C30H37N3O6/c1-31(2)28(36)25(17-26(34)35)32(3)29(37)27(19-11-5-6-12-19)33(4)30(38)39-18-24-22-15-9-7-13-20(22)21-14-8-10-16-23(21)24/h7-10,13-16,19,24-25,27H,5-6,11-12,17-18H2,1-4H3,(H,34,35)/t25-,27-/m0/s1. The number of ether oxygens (including phenoxy) is 1. The van der Waals surface area contributed by atoms with E-state index in [2.05, 4.69) is 12.1 Å². The van der Waals surface area contributed by atoms with Crippen LogP contribution in [0, 0.1) is 5.92 Å². The van der Waals surface area contributed by atoms with Crippen molar-refractivity contribution in [2.24, 2.45) is 5.92 Å². The van der Waals surface area contributed by atoms with Crippen molar-refractivity contribution in [3.05, 3.63) is 59.7 Å². The van der Waals surface area contributed by atoms with Gasteiger partial charge in [0.25, 0.3) is 0 Å². The molecule has 1 saturated carbocycles. The van der Waals surface area contributed by atoms with Gasteiger partial charge in [-0.1, -0.05) is 61.4 Å². The molecule has 39 heavy (non-hydrogen) atoms. The third kappa shape index (κ3) is 5.77. The van der Waals surface area contributed by atoms with Gasteiger partial charge in [-0.25, -0.2) is 4.79 Å². The molecule has 9 heteroatoms. The molecule has 9 nitrogen and oxygen atoms in total. The number of aliphatic carboxylic acids is 1. The fraction of sp³-hybridized carbons (Fsp3) is 0.467. The summed E-state index contributed by atoms with van der Waals surface area (Å²) in [6, 6.07) is 14.1. The van der Waals surface area contributed by atoms with E-state index in [9.17, 15) is 24.3 Å². The summed E-state index contributed by atoms with van der Waals surface area (Å²) in [5, 5.41) is 9.41. The van der Waals surface area contributed by atoms with Gasteiger partial charge in [0, 0.05) is 34.1 Å². The van der Waals surface area contributed by atoms with Crippen LogP contribution in [0.1, 0.15) is 49.1 Å². The van der Waals surface area contributed by atoms with Crippen molar-refractivity contribution in [3.8, 4) is 11.1 Å². The minimum absolute atomic E-state index is 0.106. The van der Waals surface area contributed by atoms with Crippen LogP contribution in [0.4, 0.5) is 4.79 Å². The summed E-state index contributed by atoms with van der Waals surface area (Å²) in [5.74, 6) is -2.35. The average molecular weight is 536 g/mol. The zero-order chi connectivity index (χ0) is 28.3. The van der Waals surface area contributed by atoms with Gasteiger partial charge in [-0.15, -0.1) is 0 Å². The fourth-order valence-electron chi connectivity index (χ4n) is 5.98. The number of benzene rings is 2. The smallest absolute Gasteiger partial charge is 0.410 e. The number of carboxylic acid groups (broad SMARTS) is 1. The highest BCUT2D eigenvalue weighted by Gasteiger charge is 2.42. The Morgan fingerprint density at radius 3 is 1.90 bits per heavy atom. The SMILES string of the molecule is CN(C)C(=O)[C@H](CC(=O)O)N(C)C(=O)[C@H](C1CCCC1)N(C)C(=O)OCC1c2ccccc2-c2ccccc21. The van der Waals surface area contributed by atoms with E-state index >= 15 is 0 Å². The van der Waals surface area contributed by atoms with Crippen LogP contribution < -0.4 is 0 Å². The van der Waals surface area contributed by atoms with E-state index in [0.29, 0.717) is 0 Å². The van der Waals surface area contributed by atoms with Gasteiger partial charge < -0.3 is 19.6 Å². The molecule has 0 bridgehead atoms. The second-order valence-corrected chi connectivity index (χ2v) is 10.7. The van der Waals surface area contributed by atoms with E-state index in [0.717, 1.165) is 47.9 Å². The van der Waals surface area contributed by atoms with E-state index in [1.165, 1.54) is 35.8 Å². The summed E-state index contributed by atoms with van der Waals surface area (Å²) in [5.41, 5.74) is 4.43. The third-order valence-electron chi connectivity index (χ3n) is 8.05. The summed E-state index contributed by atoms with van der Waals surface area (Å²) in [7, 11) is 6.03. The Labute approximate surface area is 229 Å². The number of amides is 3. The Morgan fingerprint density at radius 2 is 1.38 bits per heavy atom. The highest BCUT2D eigenvalue weighted by molar-refractivity contribution is 5.93. The lowest BCUT2D eigenvalue weighted by Crippen LogP contribution is -2.57. The van der Waals surface area contributed by atoms with E-state index in [1.807, 2.05) is 36.4 Å². The number of carbonyl (C=O) groups is 4. The Balaban J connectivity index is 1.53. The predicted molar refractivity (Wildman–Crippen MR) is 146 cm³/mol. The largest absolute Gasteiger partial charge is 0.481 e. The molecule has 0 spiro atoms. The molecule has 0 radical (unpaired) electrons. The lowest BCUT2D eigenvalue weighted by atomic mass is 9.95. The van der Waals surface area contributed by atoms with Crippen molar-refractivity contribution >= 4 is 23.9 Å². The first-order valence-electron chi connectivity index (χ1n) is 13.4. The van der Waals surface area contributed by atoms with Crippen LogP contribution in [0.25, 0.3) is 11.1 Å². The van der Waals surface area contributed by atoms with Crippen LogP contribution in [0.2, 0.25) is 0 Å². The second-order valence-electron chi connectivity index (χ2n) is 10.7. The van der Waals surface area contributed by atoms with Gasteiger partial charge in [0.05, 0.1) is 6.42 Å². The van der Waals surface area contributed by atoms with Gasteiger partial charge in [0.1, 0.15) is 18.7 Å². The van der Waals surface area contributed by atoms with E-state index in [-0.39, 0.29) is 18.4 Å². The summed E-state index contributed by atoms with van der Waals surface area (Å²) in [6.45, 7) is 0.124. The number of hydrogen-bond acceptors (Lipinski definition) is 5. The van der Waals surface area contributed by atoms with Crippen LogP contribution in [-0.2, 0) is 19.1 Å². The maximum Gasteiger partial charge on any atom is 0.410 e. The molecule has 2 aromatic carbocycles. The second kappa shape index (κ2) is 11.9. The zero-order valence-electron chi connectivity index (χ0n) is 23.0. The molecule has 2 atom stereocenters. The van der Waals surface area contributed by atoms with Crippen molar-refractivity contribution < 1.29 is 29.0 Å². The molecule has 3 amide bonds. The van der Waals surface area contributed by atoms with E-state index in [4.69, 9.17) is 4.74 Å². The molecule has 1 fully saturated rings. The van der Waals surface area contributed by atoms with Crippen molar-refractivity contribution in [1.29, 1.82) is 0 Å². The summed E-state index contributed by atoms with van der Waals surface area (Å²) in [6.07, 6.45) is 2.25. The molecule has 0 heterocycles. The maximum atomic E-state index is 13.8. The molecule has 4 rings (SSSR count). The minimum atomic E-state index is -1.18. The molecule has 2 aliphatic rings. The van der Waals surface area contributed by atoms with Gasteiger partial charge in [-0.05, 0) is 41.0 Å². The number of hydrogen-bond donors (Lipinski definition) is 1. The molecule has 2 aliphatic carbocycles. The number of rotatable bonds is 9. The lowest BCUT2D eigenvalue weighted by Gasteiger charge is -2.37. The van der Waals surface area contributed by atoms with Crippen LogP contribution >= 0.6 is 0 Å². The van der Waals surface area contributed by atoms with Crippen molar-refractivity contribution in [1.82, 2.24) is 14.7 Å². The average Bonchev–Trinajstić information content (AvgIpc) is 3.56. The van der Waals surface area contributed by atoms with Gasteiger partial charge in [-0.2, -0.15) is 0 Å². The fourth-order valence-corrected chi connectivity index (χ4v) is 5.98. The maximum absolute atomic E-state index is 13.8. The minimum Gasteiger partial charge on any atom is -0.481 e. The number of carboxylic acids is 1. The monoisotopic (exact) mass is 535 g/mol. The molecule has 0 unspecified atom stereocenters. The molecular formula is C30H37N3O6. The summed E-state index contributed by atoms with van der Waals surface area (Å²) in [4.78, 5) is 55.3. The normalized spacial score (nSPS) is 16.1. The molecule has 0 aliphatic heterocycles. The summed E-state index contributed by atoms with van der Waals surface area (Å²) >= 11 is 0. The van der Waals surface area contributed by atoms with Gasteiger partial charge >= 0.3 is 12.1 Å². The first-order chi connectivity index (χ1) is 18.6. The highest BCUT2D eigenvalue weighted by atomic mass is 16.6. The molecule has 208 valence electrons. The quantitative estimate of drug-likeness (QED) is 0.523. The topological polar surface area (TPSA) is 107 Å². The van der Waals surface area contributed by atoms with Gasteiger partial charge in [0.15, 0.2) is 0 Å². The molecular weight excluding hydrogens is 498 g/mol. The molecule has 1 N–H and O–H groups in total. The predicted octanol–water partition coefficient (Wildman–Crippen LogP) is 3.82. The number of fused-ring (bicyclic) bond motifs is 3.